The third-order valence-electron chi connectivity index (χ3n) is 4.89. The molecule has 1 amide bonds. The molecule has 1 aliphatic rings. The molecule has 1 fully saturated rings. The lowest BCUT2D eigenvalue weighted by Gasteiger charge is -2.34. The monoisotopic (exact) mass is 372 g/mol. The second-order valence-electron chi connectivity index (χ2n) is 6.75. The van der Waals surface area contributed by atoms with E-state index in [2.05, 4.69) is 20.9 Å². The number of rotatable bonds is 6. The van der Waals surface area contributed by atoms with Crippen molar-refractivity contribution >= 4 is 17.5 Å². The Morgan fingerprint density at radius 3 is 2.65 bits per heavy atom. The van der Waals surface area contributed by atoms with Gasteiger partial charge in [-0.25, -0.2) is 0 Å². The number of aromatic nitrogens is 2. The number of carbonyl (C=O) groups excluding carboxylic acids is 1. The van der Waals surface area contributed by atoms with Crippen molar-refractivity contribution < 1.29 is 4.79 Å². The van der Waals surface area contributed by atoms with Crippen LogP contribution in [0, 0.1) is 6.92 Å². The van der Waals surface area contributed by atoms with Gasteiger partial charge in [0.2, 0.25) is 5.91 Å². The van der Waals surface area contributed by atoms with Crippen molar-refractivity contribution in [3.05, 3.63) is 58.6 Å². The highest BCUT2D eigenvalue weighted by Gasteiger charge is 2.20. The minimum absolute atomic E-state index is 0.232. The lowest BCUT2D eigenvalue weighted by atomic mass is 10.1. The fourth-order valence-electron chi connectivity index (χ4n) is 3.15. The molecule has 138 valence electrons. The van der Waals surface area contributed by atoms with Crippen molar-refractivity contribution in [2.24, 2.45) is 0 Å². The third kappa shape index (κ3) is 5.26. The molecule has 0 N–H and O–H groups in total. The van der Waals surface area contributed by atoms with Crippen LogP contribution in [0.2, 0.25) is 5.02 Å². The van der Waals surface area contributed by atoms with E-state index in [1.165, 1.54) is 0 Å². The molecule has 0 bridgehead atoms. The lowest BCUT2D eigenvalue weighted by Crippen LogP contribution is -2.49. The Labute approximate surface area is 160 Å². The number of nitrogens with zero attached hydrogens (tertiary/aromatic N) is 4. The first kappa shape index (κ1) is 18.8. The molecule has 0 aliphatic carbocycles. The highest BCUT2D eigenvalue weighted by Crippen LogP contribution is 2.18. The van der Waals surface area contributed by atoms with Crippen LogP contribution in [0.5, 0.6) is 0 Å². The van der Waals surface area contributed by atoms with Crippen molar-refractivity contribution in [3.63, 3.8) is 0 Å². The SMILES string of the molecule is Cc1ccc(CCC(=O)N2CCN(CCc3cnccn3)CC2)cc1Cl. The van der Waals surface area contributed by atoms with Crippen LogP contribution in [-0.4, -0.2) is 58.4 Å². The minimum Gasteiger partial charge on any atom is -0.340 e. The molecule has 2 heterocycles. The topological polar surface area (TPSA) is 49.3 Å². The lowest BCUT2D eigenvalue weighted by molar-refractivity contribution is -0.132. The van der Waals surface area contributed by atoms with Gasteiger partial charge in [0, 0.05) is 69.2 Å². The van der Waals surface area contributed by atoms with E-state index in [1.54, 1.807) is 12.4 Å². The van der Waals surface area contributed by atoms with Crippen LogP contribution >= 0.6 is 11.6 Å². The van der Waals surface area contributed by atoms with Crippen molar-refractivity contribution in [2.75, 3.05) is 32.7 Å². The maximum Gasteiger partial charge on any atom is 0.222 e. The van der Waals surface area contributed by atoms with Gasteiger partial charge in [0.25, 0.3) is 0 Å². The zero-order valence-corrected chi connectivity index (χ0v) is 16.0. The summed E-state index contributed by atoms with van der Waals surface area (Å²) in [6.45, 7) is 6.39. The van der Waals surface area contributed by atoms with Gasteiger partial charge in [-0.05, 0) is 30.5 Å². The Hall–Kier alpha value is -1.98. The van der Waals surface area contributed by atoms with Gasteiger partial charge < -0.3 is 4.90 Å². The summed E-state index contributed by atoms with van der Waals surface area (Å²) in [5.74, 6) is 0.232. The number of aryl methyl sites for hydroxylation is 2. The second kappa shape index (κ2) is 9.10. The average Bonchev–Trinajstić information content (AvgIpc) is 2.68. The van der Waals surface area contributed by atoms with Crippen molar-refractivity contribution in [2.45, 2.75) is 26.2 Å². The number of carbonyl (C=O) groups is 1. The van der Waals surface area contributed by atoms with Gasteiger partial charge >= 0.3 is 0 Å². The van der Waals surface area contributed by atoms with Gasteiger partial charge in [-0.2, -0.15) is 0 Å². The molecule has 0 unspecified atom stereocenters. The first-order valence-electron chi connectivity index (χ1n) is 9.12. The van der Waals surface area contributed by atoms with Gasteiger partial charge in [0.05, 0.1) is 5.69 Å². The van der Waals surface area contributed by atoms with Gasteiger partial charge in [-0.15, -0.1) is 0 Å². The summed E-state index contributed by atoms with van der Waals surface area (Å²) in [6.07, 6.45) is 7.42. The van der Waals surface area contributed by atoms with Gasteiger partial charge in [0.1, 0.15) is 0 Å². The summed E-state index contributed by atoms with van der Waals surface area (Å²) in [5, 5.41) is 0.770. The molecule has 6 heteroatoms. The van der Waals surface area contributed by atoms with Crippen LogP contribution in [0.3, 0.4) is 0 Å². The maximum absolute atomic E-state index is 12.5. The number of hydrogen-bond donors (Lipinski definition) is 0. The number of piperazine rings is 1. The molecule has 0 saturated carbocycles. The predicted molar refractivity (Wildman–Crippen MR) is 103 cm³/mol. The fraction of sp³-hybridized carbons (Fsp3) is 0.450. The largest absolute Gasteiger partial charge is 0.340 e. The zero-order chi connectivity index (χ0) is 18.4. The molecule has 1 aromatic carbocycles. The molecule has 3 rings (SSSR count). The first-order chi connectivity index (χ1) is 12.6. The molecule has 0 spiro atoms. The Kier molecular flexibility index (Phi) is 6.58. The Bertz CT molecular complexity index is 730. The minimum atomic E-state index is 0.232. The summed E-state index contributed by atoms with van der Waals surface area (Å²) >= 11 is 6.16. The zero-order valence-electron chi connectivity index (χ0n) is 15.2. The molecular formula is C20H25ClN4O. The Morgan fingerprint density at radius 2 is 1.96 bits per heavy atom. The Morgan fingerprint density at radius 1 is 1.15 bits per heavy atom. The summed E-state index contributed by atoms with van der Waals surface area (Å²) in [5.41, 5.74) is 3.21. The molecule has 26 heavy (non-hydrogen) atoms. The van der Waals surface area contributed by atoms with E-state index in [1.807, 2.05) is 30.2 Å². The van der Waals surface area contributed by atoms with Crippen molar-refractivity contribution in [3.8, 4) is 0 Å². The van der Waals surface area contributed by atoms with Crippen molar-refractivity contribution in [1.29, 1.82) is 0 Å². The number of amides is 1. The summed E-state index contributed by atoms with van der Waals surface area (Å²) in [7, 11) is 0. The summed E-state index contributed by atoms with van der Waals surface area (Å²) in [4.78, 5) is 25.2. The molecule has 0 atom stereocenters. The van der Waals surface area contributed by atoms with Crippen LogP contribution < -0.4 is 0 Å². The molecule has 0 radical (unpaired) electrons. The van der Waals surface area contributed by atoms with E-state index in [4.69, 9.17) is 11.6 Å². The van der Waals surface area contributed by atoms with Crippen LogP contribution in [0.25, 0.3) is 0 Å². The smallest absolute Gasteiger partial charge is 0.222 e. The molecular weight excluding hydrogens is 348 g/mol. The number of benzene rings is 1. The maximum atomic E-state index is 12.5. The number of halogens is 1. The highest BCUT2D eigenvalue weighted by molar-refractivity contribution is 6.31. The molecule has 1 aromatic heterocycles. The predicted octanol–water partition coefficient (Wildman–Crippen LogP) is 2.76. The summed E-state index contributed by atoms with van der Waals surface area (Å²) < 4.78 is 0. The van der Waals surface area contributed by atoms with Crippen LogP contribution in [0.15, 0.2) is 36.8 Å². The fourth-order valence-corrected chi connectivity index (χ4v) is 3.36. The molecule has 1 saturated heterocycles. The van der Waals surface area contributed by atoms with E-state index >= 15 is 0 Å². The summed E-state index contributed by atoms with van der Waals surface area (Å²) in [6, 6.07) is 6.03. The highest BCUT2D eigenvalue weighted by atomic mass is 35.5. The first-order valence-corrected chi connectivity index (χ1v) is 9.49. The number of hydrogen-bond acceptors (Lipinski definition) is 4. The standard InChI is InChI=1S/C20H25ClN4O/c1-16-2-3-17(14-19(16)21)4-5-20(26)25-12-10-24(11-13-25)9-6-18-15-22-7-8-23-18/h2-3,7-8,14-15H,4-6,9-13H2,1H3. The molecule has 2 aromatic rings. The second-order valence-corrected chi connectivity index (χ2v) is 7.16. The molecule has 5 nitrogen and oxygen atoms in total. The van der Waals surface area contributed by atoms with E-state index in [0.717, 1.165) is 67.4 Å². The van der Waals surface area contributed by atoms with Gasteiger partial charge in [-0.3, -0.25) is 19.7 Å². The van der Waals surface area contributed by atoms with Crippen LogP contribution in [0.4, 0.5) is 0 Å². The normalized spacial score (nSPS) is 15.2. The van der Waals surface area contributed by atoms with Crippen LogP contribution in [0.1, 0.15) is 23.2 Å². The van der Waals surface area contributed by atoms with Crippen LogP contribution in [-0.2, 0) is 17.6 Å². The van der Waals surface area contributed by atoms with E-state index in [0.29, 0.717) is 6.42 Å². The Balaban J connectivity index is 1.39. The van der Waals surface area contributed by atoms with E-state index in [9.17, 15) is 4.79 Å². The van der Waals surface area contributed by atoms with E-state index < -0.39 is 0 Å². The van der Waals surface area contributed by atoms with Crippen molar-refractivity contribution in [1.82, 2.24) is 19.8 Å². The average molecular weight is 373 g/mol. The third-order valence-corrected chi connectivity index (χ3v) is 5.30. The van der Waals surface area contributed by atoms with E-state index in [-0.39, 0.29) is 5.91 Å². The quantitative estimate of drug-likeness (QED) is 0.782. The van der Waals surface area contributed by atoms with Gasteiger partial charge in [-0.1, -0.05) is 23.7 Å². The molecule has 1 aliphatic heterocycles. The van der Waals surface area contributed by atoms with Gasteiger partial charge in [0.15, 0.2) is 0 Å².